The largest absolute Gasteiger partial charge is 0.481 e. The van der Waals surface area contributed by atoms with Gasteiger partial charge in [-0.05, 0) is 74.6 Å². The average molecular weight is 1010 g/mol. The molecule has 6 rings (SSSR count). The highest BCUT2D eigenvalue weighted by molar-refractivity contribution is 6.00. The molecule has 0 bridgehead atoms. The molecule has 392 valence electrons. The number of quaternary nitrogens is 1. The Morgan fingerprint density at radius 1 is 0.616 bits per heavy atom. The summed E-state index contributed by atoms with van der Waals surface area (Å²) in [6.45, 7) is 5.22. The maximum atomic E-state index is 14.9. The second kappa shape index (κ2) is 25.0. The SMILES string of the molecule is CC(C)[C@@H]1NC(=O)[C@@H](Cc2c[nH]c3ccccc23)NC(=O)[C@H](Cc2c[nH]c3ccccc23)NC(=O)[C@H](CC(=O)O)NC(=O)[C@@H](CCCC[NH3+])NC(=O)[C@H](C)NC(=O)[C@H](CCC(=O)O)NC(=O)[C@H]2CCCN2C1=O. The van der Waals surface area contributed by atoms with Crippen LogP contribution in [0.5, 0.6) is 0 Å². The predicted molar refractivity (Wildman–Crippen MR) is 263 cm³/mol. The van der Waals surface area contributed by atoms with Crippen molar-refractivity contribution < 1.29 is 63.9 Å². The van der Waals surface area contributed by atoms with Gasteiger partial charge in [-0.15, -0.1) is 0 Å². The van der Waals surface area contributed by atoms with Crippen molar-refractivity contribution in [3.63, 3.8) is 0 Å². The molecule has 2 fully saturated rings. The van der Waals surface area contributed by atoms with Crippen LogP contribution >= 0.6 is 0 Å². The molecule has 0 spiro atoms. The fourth-order valence-corrected chi connectivity index (χ4v) is 9.18. The number of amides is 8. The second-order valence-corrected chi connectivity index (χ2v) is 19.0. The van der Waals surface area contributed by atoms with Crippen molar-refractivity contribution in [3.05, 3.63) is 72.1 Å². The number of nitrogens with zero attached hydrogens (tertiary/aromatic N) is 1. The zero-order valence-electron chi connectivity index (χ0n) is 41.1. The van der Waals surface area contributed by atoms with Gasteiger partial charge in [0.15, 0.2) is 0 Å². The van der Waals surface area contributed by atoms with Crippen LogP contribution in [0.4, 0.5) is 0 Å². The van der Waals surface area contributed by atoms with E-state index in [0.29, 0.717) is 47.8 Å². The van der Waals surface area contributed by atoms with Gasteiger partial charge in [0.05, 0.1) is 13.0 Å². The van der Waals surface area contributed by atoms with Crippen molar-refractivity contribution in [1.29, 1.82) is 0 Å². The van der Waals surface area contributed by atoms with Crippen LogP contribution in [0, 0.1) is 5.92 Å². The van der Waals surface area contributed by atoms with E-state index in [4.69, 9.17) is 0 Å². The number of hydrogen-bond donors (Lipinski definition) is 12. The van der Waals surface area contributed by atoms with Gasteiger partial charge in [0.2, 0.25) is 47.3 Å². The lowest BCUT2D eigenvalue weighted by Gasteiger charge is -2.32. The monoisotopic (exact) mass is 1010 g/mol. The molecule has 0 radical (unpaired) electrons. The molecule has 73 heavy (non-hydrogen) atoms. The number of para-hydroxylation sites is 2. The van der Waals surface area contributed by atoms with Crippen LogP contribution < -0.4 is 43.0 Å². The Balaban J connectivity index is 1.43. The minimum absolute atomic E-state index is 0.00772. The number of fused-ring (bicyclic) bond motifs is 3. The Labute approximate surface area is 420 Å². The molecular formula is C50H66N11O12+. The van der Waals surface area contributed by atoms with Gasteiger partial charge < -0.3 is 68.0 Å². The molecular weight excluding hydrogens is 947 g/mol. The predicted octanol–water partition coefficient (Wildman–Crippen LogP) is -0.740. The summed E-state index contributed by atoms with van der Waals surface area (Å²) in [6.07, 6.45) is 2.48. The van der Waals surface area contributed by atoms with E-state index in [1.807, 2.05) is 24.3 Å². The lowest BCUT2D eigenvalue weighted by molar-refractivity contribution is -0.368. The molecule has 0 saturated carbocycles. The maximum Gasteiger partial charge on any atom is 0.305 e. The topological polar surface area (TPSA) is 358 Å². The first-order chi connectivity index (χ1) is 34.8. The summed E-state index contributed by atoms with van der Waals surface area (Å²) in [5, 5.41) is 39.3. The third kappa shape index (κ3) is 14.2. The molecule has 2 saturated heterocycles. The summed E-state index contributed by atoms with van der Waals surface area (Å²) in [6, 6.07) is 3.05. The van der Waals surface area contributed by atoms with Crippen molar-refractivity contribution in [2.45, 2.75) is 133 Å². The highest BCUT2D eigenvalue weighted by Crippen LogP contribution is 2.24. The Morgan fingerprint density at radius 2 is 1.11 bits per heavy atom. The Kier molecular flexibility index (Phi) is 18.7. The highest BCUT2D eigenvalue weighted by Gasteiger charge is 2.41. The number of hydrogen-bond acceptors (Lipinski definition) is 10. The van der Waals surface area contributed by atoms with E-state index >= 15 is 0 Å². The van der Waals surface area contributed by atoms with Crippen molar-refractivity contribution in [1.82, 2.24) is 52.1 Å². The average Bonchev–Trinajstić information content (AvgIpc) is 4.12. The molecule has 0 unspecified atom stereocenters. The van der Waals surface area contributed by atoms with Gasteiger partial charge in [-0.3, -0.25) is 47.9 Å². The summed E-state index contributed by atoms with van der Waals surface area (Å²) in [4.78, 5) is 146. The number of nitrogens with one attached hydrogen (secondary N) is 9. The number of unbranched alkanes of at least 4 members (excludes halogenated alkanes) is 1. The number of H-pyrrole nitrogens is 2. The van der Waals surface area contributed by atoms with Crippen LogP contribution in [0.25, 0.3) is 21.8 Å². The van der Waals surface area contributed by atoms with E-state index in [-0.39, 0.29) is 32.2 Å². The van der Waals surface area contributed by atoms with Gasteiger partial charge in [0.25, 0.3) is 0 Å². The van der Waals surface area contributed by atoms with Gasteiger partial charge in [0, 0.05) is 60.0 Å². The number of carbonyl (C=O) groups excluding carboxylic acids is 8. The van der Waals surface area contributed by atoms with Gasteiger partial charge in [-0.1, -0.05) is 50.2 Å². The molecule has 2 aliphatic rings. The third-order valence-corrected chi connectivity index (χ3v) is 13.2. The molecule has 4 heterocycles. The lowest BCUT2D eigenvalue weighted by atomic mass is 9.99. The van der Waals surface area contributed by atoms with E-state index in [9.17, 15) is 58.2 Å². The molecule has 4 aromatic rings. The zero-order valence-corrected chi connectivity index (χ0v) is 41.1. The Morgan fingerprint density at radius 3 is 1.67 bits per heavy atom. The number of aliphatic carboxylic acids is 2. The third-order valence-electron chi connectivity index (χ3n) is 13.2. The Bertz CT molecular complexity index is 2700. The number of aromatic nitrogens is 2. The summed E-state index contributed by atoms with van der Waals surface area (Å²) in [7, 11) is 0. The lowest BCUT2D eigenvalue weighted by Crippen LogP contribution is -2.62. The number of aromatic amines is 2. The van der Waals surface area contributed by atoms with Crippen LogP contribution in [0.1, 0.15) is 83.3 Å². The number of carboxylic acid groups (broad SMARTS) is 2. The Hall–Kier alpha value is -7.82. The van der Waals surface area contributed by atoms with Crippen LogP contribution in [0.3, 0.4) is 0 Å². The number of carbonyl (C=O) groups is 10. The normalized spacial score (nSPS) is 24.4. The first-order valence-electron chi connectivity index (χ1n) is 24.6. The standard InChI is InChI=1S/C50H65N11O12/c1-26(2)42-50(73)61-20-10-16-39(61)49(72)56-35(17-18-40(62)63)44(67)54-27(3)43(66)55-34(15-8-9-19-51)45(68)59-38(23-41(64)65)47(70)57-36(21-28-24-52-32-13-6-4-11-30(28)32)46(69)58-37(48(71)60-42)22-29-25-53-33-14-7-5-12-31(29)33/h4-7,11-14,24-27,34-39,42,52-53H,8-10,15-23,51H2,1-3H3,(H,54,67)(H,55,66)(H,56,72)(H,57,70)(H,58,69)(H,59,68)(H,60,71)(H,62,63)(H,64,65)/p+1/t27-,34+,35-,36-,37+,38-,39+,42-/m0/s1. The second-order valence-electron chi connectivity index (χ2n) is 19.0. The molecule has 8 amide bonds. The van der Waals surface area contributed by atoms with Gasteiger partial charge in [-0.2, -0.15) is 0 Å². The fourth-order valence-electron chi connectivity index (χ4n) is 9.18. The number of benzene rings is 2. The van der Waals surface area contributed by atoms with Crippen molar-refractivity contribution in [3.8, 4) is 0 Å². The van der Waals surface area contributed by atoms with Crippen LogP contribution in [-0.2, 0) is 60.8 Å². The molecule has 2 aromatic heterocycles. The first-order valence-corrected chi connectivity index (χ1v) is 24.6. The quantitative estimate of drug-likeness (QED) is 0.0696. The maximum absolute atomic E-state index is 14.9. The van der Waals surface area contributed by atoms with Crippen molar-refractivity contribution >= 4 is 81.0 Å². The van der Waals surface area contributed by atoms with E-state index in [1.54, 1.807) is 50.5 Å². The van der Waals surface area contributed by atoms with Gasteiger partial charge in [-0.25, -0.2) is 0 Å². The minimum Gasteiger partial charge on any atom is -0.481 e. The molecule has 0 aliphatic carbocycles. The zero-order chi connectivity index (χ0) is 52.9. The smallest absolute Gasteiger partial charge is 0.305 e. The van der Waals surface area contributed by atoms with Crippen LogP contribution in [-0.4, -0.2) is 146 Å². The molecule has 14 N–H and O–H groups in total. The summed E-state index contributed by atoms with van der Waals surface area (Å²) in [5.41, 5.74) is 6.44. The minimum atomic E-state index is -1.81. The molecule has 23 nitrogen and oxygen atoms in total. The summed E-state index contributed by atoms with van der Waals surface area (Å²) >= 11 is 0. The van der Waals surface area contributed by atoms with E-state index < -0.39 is 133 Å². The van der Waals surface area contributed by atoms with Gasteiger partial charge in [0.1, 0.15) is 48.3 Å². The van der Waals surface area contributed by atoms with E-state index in [1.165, 1.54) is 11.8 Å². The van der Waals surface area contributed by atoms with Crippen molar-refractivity contribution in [2.24, 2.45) is 5.92 Å². The highest BCUT2D eigenvalue weighted by atomic mass is 16.4. The summed E-state index contributed by atoms with van der Waals surface area (Å²) in [5.74, 6) is -10.3. The van der Waals surface area contributed by atoms with Crippen molar-refractivity contribution in [2.75, 3.05) is 13.1 Å². The van der Waals surface area contributed by atoms with Crippen LogP contribution in [0.15, 0.2) is 60.9 Å². The first kappa shape index (κ1) is 54.5. The van der Waals surface area contributed by atoms with E-state index in [0.717, 1.165) is 10.9 Å². The summed E-state index contributed by atoms with van der Waals surface area (Å²) < 4.78 is 0. The number of carboxylic acids is 2. The van der Waals surface area contributed by atoms with Crippen LogP contribution in [0.2, 0.25) is 0 Å². The van der Waals surface area contributed by atoms with E-state index in [2.05, 4.69) is 52.9 Å². The molecule has 2 aliphatic heterocycles. The molecule has 2 aromatic carbocycles. The van der Waals surface area contributed by atoms with Gasteiger partial charge >= 0.3 is 11.9 Å². The number of rotatable bonds is 14. The molecule has 8 atom stereocenters. The molecule has 23 heteroatoms. The fraction of sp³-hybridized carbons (Fsp3) is 0.480.